The van der Waals surface area contributed by atoms with Crippen molar-refractivity contribution in [1.29, 1.82) is 0 Å². The second-order valence-corrected chi connectivity index (χ2v) is 4.66. The van der Waals surface area contributed by atoms with Gasteiger partial charge in [0.25, 0.3) is 0 Å². The summed E-state index contributed by atoms with van der Waals surface area (Å²) in [5.74, 6) is 0.346. The van der Waals surface area contributed by atoms with E-state index in [2.05, 4.69) is 10.3 Å². The molecule has 1 N–H and O–H groups in total. The summed E-state index contributed by atoms with van der Waals surface area (Å²) >= 11 is 0. The van der Waals surface area contributed by atoms with Gasteiger partial charge in [-0.05, 0) is 37.7 Å². The van der Waals surface area contributed by atoms with E-state index < -0.39 is 0 Å². The number of nitrogens with one attached hydrogen (secondary N) is 1. The Morgan fingerprint density at radius 1 is 1.29 bits per heavy atom. The number of pyridine rings is 1. The Morgan fingerprint density at radius 2 is 2.10 bits per heavy atom. The second kappa shape index (κ2) is 7.04. The van der Waals surface area contributed by atoms with Crippen molar-refractivity contribution in [2.24, 2.45) is 0 Å². The van der Waals surface area contributed by atoms with Crippen LogP contribution in [0.5, 0.6) is 11.6 Å². The number of hydrogen-bond acceptors (Lipinski definition) is 4. The predicted octanol–water partition coefficient (Wildman–Crippen LogP) is 3.09. The van der Waals surface area contributed by atoms with Crippen LogP contribution in [0.3, 0.4) is 0 Å². The van der Waals surface area contributed by atoms with E-state index in [9.17, 15) is 4.39 Å². The molecule has 0 saturated carbocycles. The van der Waals surface area contributed by atoms with Crippen molar-refractivity contribution >= 4 is 0 Å². The molecule has 0 aliphatic carbocycles. The molecular weight excluding hydrogens is 271 g/mol. The highest BCUT2D eigenvalue weighted by Gasteiger charge is 2.09. The first-order valence-corrected chi connectivity index (χ1v) is 6.73. The SMILES string of the molecule is CNC(C)c1ccc(OCc2cccc(OC)n2)c(F)c1. The number of rotatable bonds is 6. The van der Waals surface area contributed by atoms with E-state index in [-0.39, 0.29) is 24.2 Å². The highest BCUT2D eigenvalue weighted by Crippen LogP contribution is 2.22. The van der Waals surface area contributed by atoms with Crippen LogP contribution in [0.15, 0.2) is 36.4 Å². The minimum absolute atomic E-state index is 0.0913. The van der Waals surface area contributed by atoms with Crippen molar-refractivity contribution in [3.63, 3.8) is 0 Å². The molecule has 0 bridgehead atoms. The predicted molar refractivity (Wildman–Crippen MR) is 79.0 cm³/mol. The van der Waals surface area contributed by atoms with E-state index in [0.29, 0.717) is 11.6 Å². The number of halogens is 1. The van der Waals surface area contributed by atoms with Crippen LogP contribution in [-0.4, -0.2) is 19.1 Å². The van der Waals surface area contributed by atoms with Crippen LogP contribution in [0.25, 0.3) is 0 Å². The Kier molecular flexibility index (Phi) is 5.11. The molecule has 1 aromatic heterocycles. The lowest BCUT2D eigenvalue weighted by Crippen LogP contribution is -2.12. The summed E-state index contributed by atoms with van der Waals surface area (Å²) in [4.78, 5) is 4.22. The van der Waals surface area contributed by atoms with Gasteiger partial charge in [0.05, 0.1) is 12.8 Å². The fourth-order valence-electron chi connectivity index (χ4n) is 1.87. The van der Waals surface area contributed by atoms with Crippen molar-refractivity contribution in [2.75, 3.05) is 14.2 Å². The number of nitrogens with zero attached hydrogens (tertiary/aromatic N) is 1. The lowest BCUT2D eigenvalue weighted by atomic mass is 10.1. The molecule has 1 heterocycles. The number of hydrogen-bond donors (Lipinski definition) is 1. The van der Waals surface area contributed by atoms with Gasteiger partial charge in [0.2, 0.25) is 5.88 Å². The summed E-state index contributed by atoms with van der Waals surface area (Å²) in [6, 6.07) is 10.4. The summed E-state index contributed by atoms with van der Waals surface area (Å²) in [7, 11) is 3.38. The number of benzene rings is 1. The molecule has 0 radical (unpaired) electrons. The lowest BCUT2D eigenvalue weighted by Gasteiger charge is -2.13. The zero-order valence-corrected chi connectivity index (χ0v) is 12.4. The minimum atomic E-state index is -0.377. The van der Waals surface area contributed by atoms with Crippen molar-refractivity contribution in [2.45, 2.75) is 19.6 Å². The average Bonchev–Trinajstić information content (AvgIpc) is 2.53. The minimum Gasteiger partial charge on any atom is -0.484 e. The molecule has 1 unspecified atom stereocenters. The zero-order valence-electron chi connectivity index (χ0n) is 12.4. The molecule has 2 aromatic rings. The van der Waals surface area contributed by atoms with Gasteiger partial charge in [-0.2, -0.15) is 0 Å². The summed E-state index contributed by atoms with van der Waals surface area (Å²) in [6.07, 6.45) is 0. The molecule has 5 heteroatoms. The maximum absolute atomic E-state index is 14.0. The molecule has 1 aromatic carbocycles. The van der Waals surface area contributed by atoms with Gasteiger partial charge in [0, 0.05) is 12.1 Å². The lowest BCUT2D eigenvalue weighted by molar-refractivity contribution is 0.283. The molecule has 2 rings (SSSR count). The quantitative estimate of drug-likeness (QED) is 0.888. The first kappa shape index (κ1) is 15.3. The van der Waals surface area contributed by atoms with Gasteiger partial charge in [0.1, 0.15) is 6.61 Å². The van der Waals surface area contributed by atoms with E-state index in [4.69, 9.17) is 9.47 Å². The summed E-state index contributed by atoms with van der Waals surface area (Å²) < 4.78 is 24.5. The van der Waals surface area contributed by atoms with Crippen LogP contribution in [0.4, 0.5) is 4.39 Å². The standard InChI is InChI=1S/C16H19FN2O2/c1-11(18-2)12-7-8-15(14(17)9-12)21-10-13-5-4-6-16(19-13)20-3/h4-9,11,18H,10H2,1-3H3. The molecule has 21 heavy (non-hydrogen) atoms. The zero-order chi connectivity index (χ0) is 15.2. The fraction of sp³-hybridized carbons (Fsp3) is 0.312. The van der Waals surface area contributed by atoms with E-state index in [1.807, 2.05) is 26.1 Å². The second-order valence-electron chi connectivity index (χ2n) is 4.66. The molecule has 112 valence electrons. The van der Waals surface area contributed by atoms with Crippen LogP contribution in [0.1, 0.15) is 24.2 Å². The van der Waals surface area contributed by atoms with Gasteiger partial charge in [-0.15, -0.1) is 0 Å². The highest BCUT2D eigenvalue weighted by molar-refractivity contribution is 5.31. The third-order valence-corrected chi connectivity index (χ3v) is 3.25. The average molecular weight is 290 g/mol. The number of ether oxygens (including phenoxy) is 2. The Labute approximate surface area is 123 Å². The molecule has 1 atom stereocenters. The van der Waals surface area contributed by atoms with Gasteiger partial charge in [-0.1, -0.05) is 12.1 Å². The highest BCUT2D eigenvalue weighted by atomic mass is 19.1. The van der Waals surface area contributed by atoms with Gasteiger partial charge in [-0.25, -0.2) is 9.37 Å². The van der Waals surface area contributed by atoms with Crippen molar-refractivity contribution in [3.05, 3.63) is 53.5 Å². The molecule has 4 nitrogen and oxygen atoms in total. The van der Waals surface area contributed by atoms with E-state index >= 15 is 0 Å². The molecule has 0 fully saturated rings. The third kappa shape index (κ3) is 3.92. The smallest absolute Gasteiger partial charge is 0.213 e. The Bertz CT molecular complexity index is 605. The van der Waals surface area contributed by atoms with Gasteiger partial charge in [-0.3, -0.25) is 0 Å². The number of methoxy groups -OCH3 is 1. The Morgan fingerprint density at radius 3 is 2.76 bits per heavy atom. The topological polar surface area (TPSA) is 43.4 Å². The maximum atomic E-state index is 14.0. The van der Waals surface area contributed by atoms with E-state index in [1.165, 1.54) is 6.07 Å². The van der Waals surface area contributed by atoms with Crippen molar-refractivity contribution < 1.29 is 13.9 Å². The maximum Gasteiger partial charge on any atom is 0.213 e. The first-order valence-electron chi connectivity index (χ1n) is 6.73. The molecular formula is C16H19FN2O2. The number of aromatic nitrogens is 1. The van der Waals surface area contributed by atoms with Crippen LogP contribution >= 0.6 is 0 Å². The van der Waals surface area contributed by atoms with E-state index in [1.54, 1.807) is 25.3 Å². The van der Waals surface area contributed by atoms with Gasteiger partial charge in [0.15, 0.2) is 11.6 Å². The summed E-state index contributed by atoms with van der Waals surface area (Å²) in [5.41, 5.74) is 1.56. The van der Waals surface area contributed by atoms with Crippen LogP contribution in [-0.2, 0) is 6.61 Å². The Hall–Kier alpha value is -2.14. The largest absolute Gasteiger partial charge is 0.484 e. The monoisotopic (exact) mass is 290 g/mol. The molecule has 0 amide bonds. The summed E-state index contributed by atoms with van der Waals surface area (Å²) in [5, 5.41) is 3.07. The van der Waals surface area contributed by atoms with Crippen molar-refractivity contribution in [3.8, 4) is 11.6 Å². The van der Waals surface area contributed by atoms with E-state index in [0.717, 1.165) is 5.56 Å². The summed E-state index contributed by atoms with van der Waals surface area (Å²) in [6.45, 7) is 2.16. The molecule has 0 saturated heterocycles. The van der Waals surface area contributed by atoms with Crippen LogP contribution < -0.4 is 14.8 Å². The molecule has 0 spiro atoms. The van der Waals surface area contributed by atoms with Crippen molar-refractivity contribution in [1.82, 2.24) is 10.3 Å². The van der Waals surface area contributed by atoms with Crippen LogP contribution in [0.2, 0.25) is 0 Å². The first-order chi connectivity index (χ1) is 10.1. The third-order valence-electron chi connectivity index (χ3n) is 3.25. The molecule has 0 aliphatic heterocycles. The Balaban J connectivity index is 2.06. The van der Waals surface area contributed by atoms with Crippen LogP contribution in [0, 0.1) is 5.82 Å². The normalized spacial score (nSPS) is 12.0. The van der Waals surface area contributed by atoms with Gasteiger partial charge >= 0.3 is 0 Å². The molecule has 0 aliphatic rings. The fourth-order valence-corrected chi connectivity index (χ4v) is 1.87. The van der Waals surface area contributed by atoms with Gasteiger partial charge < -0.3 is 14.8 Å².